The second kappa shape index (κ2) is 8.30. The smallest absolute Gasteiger partial charge is 0.391 e. The minimum absolute atomic E-state index is 0.110. The average Bonchev–Trinajstić information content (AvgIpc) is 2.59. The fraction of sp³-hybridized carbons (Fsp3) is 0.368. The highest BCUT2D eigenvalue weighted by Gasteiger charge is 2.61. The molecule has 3 rings (SSSR count). The summed E-state index contributed by atoms with van der Waals surface area (Å²) in [5.41, 5.74) is 0. The molecule has 1 N–H and O–H groups in total. The van der Waals surface area contributed by atoms with Crippen molar-refractivity contribution in [1.29, 1.82) is 0 Å². The Morgan fingerprint density at radius 2 is 1.10 bits per heavy atom. The van der Waals surface area contributed by atoms with Gasteiger partial charge in [0, 0.05) is 16.5 Å². The number of hydrogen-bond donors (Lipinski definition) is 1. The second-order valence-corrected chi connectivity index (χ2v) is 20.8. The zero-order chi connectivity index (χ0) is 21.3. The van der Waals surface area contributed by atoms with Gasteiger partial charge in [-0.25, -0.2) is 0 Å². The van der Waals surface area contributed by atoms with Crippen molar-refractivity contribution in [2.24, 2.45) is 0 Å². The van der Waals surface area contributed by atoms with Crippen molar-refractivity contribution in [3.8, 4) is 0 Å². The fourth-order valence-electron chi connectivity index (χ4n) is 3.35. The summed E-state index contributed by atoms with van der Waals surface area (Å²) in [6.07, 6.45) is -0.110. The lowest BCUT2D eigenvalue weighted by Crippen LogP contribution is -2.74. The molecule has 1 aliphatic heterocycles. The molecule has 6 nitrogen and oxygen atoms in total. The Morgan fingerprint density at radius 1 is 0.690 bits per heavy atom. The quantitative estimate of drug-likeness (QED) is 0.699. The van der Waals surface area contributed by atoms with E-state index in [4.69, 9.17) is 20.9 Å². The molecule has 0 saturated carbocycles. The molecule has 0 aromatic heterocycles. The minimum Gasteiger partial charge on any atom is -0.391 e. The van der Waals surface area contributed by atoms with Gasteiger partial charge in [0.25, 0.3) is 0 Å². The van der Waals surface area contributed by atoms with E-state index in [1.807, 2.05) is 101 Å². The third-order valence-electron chi connectivity index (χ3n) is 4.19. The highest BCUT2D eigenvalue weighted by atomic mass is 28.5. The van der Waals surface area contributed by atoms with Gasteiger partial charge in [-0.3, -0.25) is 0 Å². The highest BCUT2D eigenvalue weighted by Crippen LogP contribution is 2.31. The van der Waals surface area contributed by atoms with E-state index in [2.05, 4.69) is 0 Å². The van der Waals surface area contributed by atoms with Crippen LogP contribution in [0.4, 0.5) is 0 Å². The van der Waals surface area contributed by atoms with Crippen LogP contribution in [0.15, 0.2) is 60.7 Å². The van der Waals surface area contributed by atoms with E-state index in [1.165, 1.54) is 0 Å². The molecule has 0 amide bonds. The SMILES string of the molecule is CC(C)O[Si]1(c2ccccc2)O[Si](C)(C)O[Si](O)(c2ccccc2)O[Si](C)(C)O1. The normalized spacial score (nSPS) is 29.2. The van der Waals surface area contributed by atoms with Gasteiger partial charge in [0.2, 0.25) is 0 Å². The Hall–Kier alpha value is -0.932. The Balaban J connectivity index is 2.09. The lowest BCUT2D eigenvalue weighted by molar-refractivity contribution is 0.0954. The van der Waals surface area contributed by atoms with Crippen LogP contribution in [-0.4, -0.2) is 45.6 Å². The molecule has 2 aromatic carbocycles. The summed E-state index contributed by atoms with van der Waals surface area (Å²) in [4.78, 5) is 11.5. The lowest BCUT2D eigenvalue weighted by atomic mass is 10.4. The number of hydrogen-bond acceptors (Lipinski definition) is 6. The molecular formula is C19H30O6Si4. The topological polar surface area (TPSA) is 66.4 Å². The summed E-state index contributed by atoms with van der Waals surface area (Å²) in [7, 11) is -12.9. The molecule has 0 bridgehead atoms. The Kier molecular flexibility index (Phi) is 6.51. The third-order valence-corrected chi connectivity index (χ3v) is 19.3. The van der Waals surface area contributed by atoms with Crippen LogP contribution in [0.25, 0.3) is 0 Å². The highest BCUT2D eigenvalue weighted by molar-refractivity contribution is 6.97. The van der Waals surface area contributed by atoms with Gasteiger partial charge in [0.15, 0.2) is 0 Å². The zero-order valence-electron chi connectivity index (χ0n) is 17.8. The molecular weight excluding hydrogens is 437 g/mol. The molecule has 0 spiro atoms. The van der Waals surface area contributed by atoms with Crippen LogP contribution in [0.1, 0.15) is 13.8 Å². The van der Waals surface area contributed by atoms with Gasteiger partial charge in [-0.2, -0.15) is 0 Å². The standard InChI is InChI=1S/C19H30O6Si4/c1-17(2)21-29(19-15-11-8-12-16-19)24-26(3,4)22-28(20,23-27(5,6)25-29)18-13-9-7-10-14-18/h7-17,20H,1-6H3. The van der Waals surface area contributed by atoms with E-state index < -0.39 is 34.7 Å². The second-order valence-electron chi connectivity index (χ2n) is 8.24. The number of rotatable bonds is 4. The summed E-state index contributed by atoms with van der Waals surface area (Å²) < 4.78 is 32.4. The molecule has 0 unspecified atom stereocenters. The van der Waals surface area contributed by atoms with Crippen molar-refractivity contribution >= 4 is 45.1 Å². The van der Waals surface area contributed by atoms with Gasteiger partial charge in [0.1, 0.15) is 0 Å². The van der Waals surface area contributed by atoms with Crippen molar-refractivity contribution in [1.82, 2.24) is 0 Å². The van der Waals surface area contributed by atoms with Crippen molar-refractivity contribution in [2.75, 3.05) is 0 Å². The van der Waals surface area contributed by atoms with Crippen molar-refractivity contribution in [2.45, 2.75) is 46.1 Å². The van der Waals surface area contributed by atoms with Crippen molar-refractivity contribution in [3.05, 3.63) is 60.7 Å². The summed E-state index contributed by atoms with van der Waals surface area (Å²) in [5, 5.41) is 1.51. The Morgan fingerprint density at radius 3 is 1.52 bits per heavy atom. The molecule has 10 heteroatoms. The van der Waals surface area contributed by atoms with Crippen LogP contribution in [0.5, 0.6) is 0 Å². The first-order valence-corrected chi connectivity index (χ1v) is 18.9. The molecule has 0 atom stereocenters. The molecule has 2 aromatic rings. The van der Waals surface area contributed by atoms with Gasteiger partial charge in [-0.1, -0.05) is 60.7 Å². The summed E-state index contributed by atoms with van der Waals surface area (Å²) in [5.74, 6) is 0. The zero-order valence-corrected chi connectivity index (χ0v) is 21.8. The molecule has 29 heavy (non-hydrogen) atoms. The predicted octanol–water partition coefficient (Wildman–Crippen LogP) is 2.58. The van der Waals surface area contributed by atoms with Crippen LogP contribution >= 0.6 is 0 Å². The van der Waals surface area contributed by atoms with E-state index in [0.29, 0.717) is 5.19 Å². The van der Waals surface area contributed by atoms with Gasteiger partial charge < -0.3 is 25.7 Å². The summed E-state index contributed by atoms with van der Waals surface area (Å²) >= 11 is 0. The average molecular weight is 467 g/mol. The monoisotopic (exact) mass is 466 g/mol. The molecule has 1 heterocycles. The first-order chi connectivity index (χ1) is 13.5. The first kappa shape index (κ1) is 22.7. The Bertz CT molecular complexity index is 796. The fourth-order valence-corrected chi connectivity index (χ4v) is 20.3. The molecule has 158 valence electrons. The molecule has 0 radical (unpaired) electrons. The Labute approximate surface area is 177 Å². The van der Waals surface area contributed by atoms with Crippen LogP contribution < -0.4 is 10.4 Å². The summed E-state index contributed by atoms with van der Waals surface area (Å²) in [6.45, 7) is 11.5. The van der Waals surface area contributed by atoms with Crippen molar-refractivity contribution in [3.63, 3.8) is 0 Å². The maximum atomic E-state index is 11.5. The van der Waals surface area contributed by atoms with Gasteiger partial charge >= 0.3 is 34.7 Å². The summed E-state index contributed by atoms with van der Waals surface area (Å²) in [6, 6.07) is 19.0. The van der Waals surface area contributed by atoms with E-state index in [9.17, 15) is 4.80 Å². The molecule has 1 aliphatic rings. The van der Waals surface area contributed by atoms with Gasteiger partial charge in [-0.05, 0) is 40.0 Å². The van der Waals surface area contributed by atoms with E-state index in [1.54, 1.807) is 0 Å². The number of benzene rings is 2. The molecule has 1 saturated heterocycles. The lowest BCUT2D eigenvalue weighted by Gasteiger charge is -2.47. The van der Waals surface area contributed by atoms with Gasteiger partial charge in [0.05, 0.1) is 0 Å². The minimum atomic E-state index is -3.73. The van der Waals surface area contributed by atoms with Gasteiger partial charge in [-0.15, -0.1) is 0 Å². The predicted molar refractivity (Wildman–Crippen MR) is 121 cm³/mol. The van der Waals surface area contributed by atoms with Crippen LogP contribution in [0.3, 0.4) is 0 Å². The first-order valence-electron chi connectivity index (χ1n) is 9.77. The van der Waals surface area contributed by atoms with Crippen molar-refractivity contribution < 1.29 is 25.7 Å². The van der Waals surface area contributed by atoms with Crippen LogP contribution in [0, 0.1) is 0 Å². The van der Waals surface area contributed by atoms with E-state index >= 15 is 0 Å². The van der Waals surface area contributed by atoms with E-state index in [-0.39, 0.29) is 6.10 Å². The molecule has 0 aliphatic carbocycles. The van der Waals surface area contributed by atoms with E-state index in [0.717, 1.165) is 5.19 Å². The van der Waals surface area contributed by atoms with Crippen LogP contribution in [0.2, 0.25) is 26.2 Å². The third kappa shape index (κ3) is 5.41. The largest absolute Gasteiger partial charge is 0.519 e. The maximum Gasteiger partial charge on any atom is 0.519 e. The van der Waals surface area contributed by atoms with Crippen LogP contribution in [-0.2, 0) is 20.9 Å². The molecule has 1 fully saturated rings. The maximum absolute atomic E-state index is 11.5.